The normalized spacial score (nSPS) is 12.8. The summed E-state index contributed by atoms with van der Waals surface area (Å²) in [6.07, 6.45) is -1.56. The number of rotatable bonds is 6. The van der Waals surface area contributed by atoms with Crippen LogP contribution in [-0.2, 0) is 4.79 Å². The number of carbonyl (C=O) groups is 1. The third-order valence-corrected chi connectivity index (χ3v) is 3.70. The molecule has 2 aromatic carbocycles. The van der Waals surface area contributed by atoms with Crippen LogP contribution in [0.2, 0.25) is 0 Å². The Balaban J connectivity index is 1.92. The number of aliphatic hydroxyl groups excluding tert-OH is 1. The van der Waals surface area contributed by atoms with Crippen LogP contribution in [0.15, 0.2) is 48.5 Å². The van der Waals surface area contributed by atoms with Crippen LogP contribution in [0.4, 0.5) is 0 Å². The zero-order chi connectivity index (χ0) is 17.5. The lowest BCUT2D eigenvalue weighted by Gasteiger charge is -2.18. The molecule has 0 heterocycles. The number of nitriles is 1. The zero-order valence-corrected chi connectivity index (χ0v) is 13.7. The first-order valence-electron chi connectivity index (χ1n) is 7.70. The van der Waals surface area contributed by atoms with E-state index < -0.39 is 12.2 Å². The fourth-order valence-electron chi connectivity index (χ4n) is 2.32. The molecule has 2 N–H and O–H groups in total. The number of carbonyl (C=O) groups excluding carboxylic acids is 1. The van der Waals surface area contributed by atoms with Gasteiger partial charge in [-0.1, -0.05) is 36.4 Å². The van der Waals surface area contributed by atoms with Crippen molar-refractivity contribution in [3.05, 3.63) is 65.2 Å². The van der Waals surface area contributed by atoms with Crippen molar-refractivity contribution in [1.29, 1.82) is 5.26 Å². The highest BCUT2D eigenvalue weighted by atomic mass is 16.5. The van der Waals surface area contributed by atoms with Crippen LogP contribution in [0.3, 0.4) is 0 Å². The molecule has 24 heavy (non-hydrogen) atoms. The van der Waals surface area contributed by atoms with Gasteiger partial charge >= 0.3 is 0 Å². The SMILES string of the molecule is Cc1ccccc1C(O)CNC(=O)C(C)Oc1ccccc1C#N. The highest BCUT2D eigenvalue weighted by Gasteiger charge is 2.18. The van der Waals surface area contributed by atoms with Gasteiger partial charge in [0.1, 0.15) is 11.8 Å². The van der Waals surface area contributed by atoms with Gasteiger partial charge in [-0.3, -0.25) is 4.79 Å². The molecule has 0 saturated heterocycles. The van der Waals surface area contributed by atoms with Gasteiger partial charge < -0.3 is 15.2 Å². The van der Waals surface area contributed by atoms with Crippen LogP contribution < -0.4 is 10.1 Å². The first-order chi connectivity index (χ1) is 11.5. The minimum Gasteiger partial charge on any atom is -0.480 e. The number of ether oxygens (including phenoxy) is 1. The highest BCUT2D eigenvalue weighted by molar-refractivity contribution is 5.80. The van der Waals surface area contributed by atoms with Crippen LogP contribution in [-0.4, -0.2) is 23.7 Å². The van der Waals surface area contributed by atoms with E-state index >= 15 is 0 Å². The number of aliphatic hydroxyl groups is 1. The Morgan fingerprint density at radius 2 is 1.92 bits per heavy atom. The van der Waals surface area contributed by atoms with Gasteiger partial charge in [0.2, 0.25) is 0 Å². The summed E-state index contributed by atoms with van der Waals surface area (Å²) < 4.78 is 5.54. The lowest BCUT2D eigenvalue weighted by atomic mass is 10.0. The second kappa shape index (κ2) is 8.14. The van der Waals surface area contributed by atoms with Gasteiger partial charge in [-0.2, -0.15) is 5.26 Å². The maximum Gasteiger partial charge on any atom is 0.260 e. The summed E-state index contributed by atoms with van der Waals surface area (Å²) in [5, 5.41) is 21.9. The summed E-state index contributed by atoms with van der Waals surface area (Å²) in [5.74, 6) is 0.0116. The fourth-order valence-corrected chi connectivity index (χ4v) is 2.32. The molecule has 2 atom stereocenters. The van der Waals surface area contributed by atoms with Crippen molar-refractivity contribution in [3.63, 3.8) is 0 Å². The molecule has 0 radical (unpaired) electrons. The van der Waals surface area contributed by atoms with Crippen LogP contribution in [0.1, 0.15) is 29.7 Å². The molecule has 0 aliphatic heterocycles. The van der Waals surface area contributed by atoms with Crippen molar-refractivity contribution in [1.82, 2.24) is 5.32 Å². The van der Waals surface area contributed by atoms with E-state index in [0.29, 0.717) is 11.3 Å². The van der Waals surface area contributed by atoms with Crippen molar-refractivity contribution in [2.75, 3.05) is 6.54 Å². The number of hydrogen-bond donors (Lipinski definition) is 2. The summed E-state index contributed by atoms with van der Waals surface area (Å²) in [7, 11) is 0. The van der Waals surface area contributed by atoms with Gasteiger partial charge in [0.15, 0.2) is 6.10 Å². The molecule has 0 fully saturated rings. The Hall–Kier alpha value is -2.84. The second-order valence-electron chi connectivity index (χ2n) is 5.49. The summed E-state index contributed by atoms with van der Waals surface area (Å²) >= 11 is 0. The van der Waals surface area contributed by atoms with Gasteiger partial charge in [0.05, 0.1) is 11.7 Å². The number of aryl methyl sites for hydroxylation is 1. The first-order valence-corrected chi connectivity index (χ1v) is 7.70. The third-order valence-electron chi connectivity index (χ3n) is 3.70. The molecule has 0 aliphatic carbocycles. The zero-order valence-electron chi connectivity index (χ0n) is 13.7. The number of hydrogen-bond acceptors (Lipinski definition) is 4. The van der Waals surface area contributed by atoms with E-state index in [1.165, 1.54) is 0 Å². The van der Waals surface area contributed by atoms with Crippen LogP contribution in [0, 0.1) is 18.3 Å². The molecule has 1 amide bonds. The molecule has 5 nitrogen and oxygen atoms in total. The Morgan fingerprint density at radius 1 is 1.25 bits per heavy atom. The number of benzene rings is 2. The van der Waals surface area contributed by atoms with Crippen LogP contribution in [0.5, 0.6) is 5.75 Å². The van der Waals surface area contributed by atoms with Gasteiger partial charge in [-0.05, 0) is 37.1 Å². The van der Waals surface area contributed by atoms with E-state index in [9.17, 15) is 9.90 Å². The molecule has 0 spiro atoms. The van der Waals surface area contributed by atoms with Gasteiger partial charge in [0, 0.05) is 6.54 Å². The minimum absolute atomic E-state index is 0.0945. The van der Waals surface area contributed by atoms with Crippen molar-refractivity contribution >= 4 is 5.91 Å². The van der Waals surface area contributed by atoms with Crippen LogP contribution in [0.25, 0.3) is 0 Å². The standard InChI is InChI=1S/C19H20N2O3/c1-13-7-3-5-9-16(13)17(22)12-21-19(23)14(2)24-18-10-6-4-8-15(18)11-20/h3-10,14,17,22H,12H2,1-2H3,(H,21,23). The number of nitrogens with one attached hydrogen (secondary N) is 1. The number of para-hydroxylation sites is 1. The van der Waals surface area contributed by atoms with Crippen molar-refractivity contribution in [2.24, 2.45) is 0 Å². The van der Waals surface area contributed by atoms with E-state index in [-0.39, 0.29) is 12.5 Å². The largest absolute Gasteiger partial charge is 0.480 e. The summed E-state index contributed by atoms with van der Waals surface area (Å²) in [6.45, 7) is 3.60. The fraction of sp³-hybridized carbons (Fsp3) is 0.263. The topological polar surface area (TPSA) is 82.3 Å². The molecule has 0 bridgehead atoms. The Morgan fingerprint density at radius 3 is 2.62 bits per heavy atom. The van der Waals surface area contributed by atoms with Gasteiger partial charge in [-0.15, -0.1) is 0 Å². The smallest absolute Gasteiger partial charge is 0.260 e. The lowest BCUT2D eigenvalue weighted by molar-refractivity contribution is -0.127. The predicted molar refractivity (Wildman–Crippen MR) is 90.4 cm³/mol. The molecule has 2 unspecified atom stereocenters. The van der Waals surface area contributed by atoms with E-state index in [1.807, 2.05) is 37.3 Å². The summed E-state index contributed by atoms with van der Waals surface area (Å²) in [6, 6.07) is 16.2. The number of amides is 1. The predicted octanol–water partition coefficient (Wildman–Crippen LogP) is 2.48. The molecule has 124 valence electrons. The van der Waals surface area contributed by atoms with Crippen LogP contribution >= 0.6 is 0 Å². The molecular formula is C19H20N2O3. The summed E-state index contributed by atoms with van der Waals surface area (Å²) in [5.41, 5.74) is 2.12. The van der Waals surface area contributed by atoms with Gasteiger partial charge in [-0.25, -0.2) is 0 Å². The number of nitrogens with zero attached hydrogens (tertiary/aromatic N) is 1. The Labute approximate surface area is 141 Å². The molecular weight excluding hydrogens is 304 g/mol. The molecule has 5 heteroatoms. The third kappa shape index (κ3) is 4.34. The minimum atomic E-state index is -0.784. The van der Waals surface area contributed by atoms with E-state index in [1.54, 1.807) is 31.2 Å². The van der Waals surface area contributed by atoms with E-state index in [4.69, 9.17) is 10.00 Å². The average Bonchev–Trinajstić information content (AvgIpc) is 2.60. The van der Waals surface area contributed by atoms with E-state index in [2.05, 4.69) is 5.32 Å². The maximum atomic E-state index is 12.1. The average molecular weight is 324 g/mol. The maximum absolute atomic E-state index is 12.1. The molecule has 2 rings (SSSR count). The molecule has 2 aromatic rings. The Kier molecular flexibility index (Phi) is 5.94. The highest BCUT2D eigenvalue weighted by Crippen LogP contribution is 2.19. The Bertz CT molecular complexity index is 752. The van der Waals surface area contributed by atoms with Gasteiger partial charge in [0.25, 0.3) is 5.91 Å². The summed E-state index contributed by atoms with van der Waals surface area (Å²) in [4.78, 5) is 12.1. The quantitative estimate of drug-likeness (QED) is 0.855. The van der Waals surface area contributed by atoms with E-state index in [0.717, 1.165) is 11.1 Å². The first kappa shape index (κ1) is 17.5. The molecule has 0 aliphatic rings. The van der Waals surface area contributed by atoms with Crippen molar-refractivity contribution in [2.45, 2.75) is 26.1 Å². The second-order valence-corrected chi connectivity index (χ2v) is 5.49. The van der Waals surface area contributed by atoms with Crippen molar-refractivity contribution in [3.8, 4) is 11.8 Å². The van der Waals surface area contributed by atoms with Crippen molar-refractivity contribution < 1.29 is 14.6 Å². The monoisotopic (exact) mass is 324 g/mol. The molecule has 0 saturated carbocycles. The lowest BCUT2D eigenvalue weighted by Crippen LogP contribution is -2.38. The molecule has 0 aromatic heterocycles.